The van der Waals surface area contributed by atoms with E-state index in [1.54, 1.807) is 53.2 Å². The van der Waals surface area contributed by atoms with E-state index in [1.165, 1.54) is 0 Å². The van der Waals surface area contributed by atoms with Crippen LogP contribution in [0.3, 0.4) is 0 Å². The molecule has 7 nitrogen and oxygen atoms in total. The molecule has 144 valence electrons. The highest BCUT2D eigenvalue weighted by Crippen LogP contribution is 2.22. The number of carbonyl (C=O) groups is 1. The Hall–Kier alpha value is -4.00. The Bertz CT molecular complexity index is 1120. The first kappa shape index (κ1) is 18.4. The number of rotatable bonds is 5. The highest BCUT2D eigenvalue weighted by molar-refractivity contribution is 6.04. The molecule has 0 saturated carbocycles. The van der Waals surface area contributed by atoms with Gasteiger partial charge in [-0.05, 0) is 62.4 Å². The van der Waals surface area contributed by atoms with E-state index in [0.29, 0.717) is 28.7 Å². The van der Waals surface area contributed by atoms with Crippen LogP contribution in [0.4, 0.5) is 5.69 Å². The van der Waals surface area contributed by atoms with Gasteiger partial charge >= 0.3 is 0 Å². The van der Waals surface area contributed by atoms with Crippen LogP contribution in [0.25, 0.3) is 5.82 Å². The minimum absolute atomic E-state index is 0.158. The lowest BCUT2D eigenvalue weighted by Gasteiger charge is -2.08. The minimum Gasteiger partial charge on any atom is -0.438 e. The SMILES string of the molecule is Cc1ccc(C(=O)Nc2ccc(Oc3ccc(-n4ccc(C)n4)nn3)cc2)cc1. The number of anilines is 1. The van der Waals surface area contributed by atoms with Crippen LogP contribution in [-0.4, -0.2) is 25.9 Å². The molecule has 1 amide bonds. The topological polar surface area (TPSA) is 81.9 Å². The van der Waals surface area contributed by atoms with E-state index in [0.717, 1.165) is 11.3 Å². The second-order valence-corrected chi connectivity index (χ2v) is 6.58. The third-order valence-electron chi connectivity index (χ3n) is 4.23. The third kappa shape index (κ3) is 4.47. The van der Waals surface area contributed by atoms with Crippen LogP contribution in [0, 0.1) is 13.8 Å². The summed E-state index contributed by atoms with van der Waals surface area (Å²) in [6.45, 7) is 3.89. The molecule has 2 aromatic heterocycles. The summed E-state index contributed by atoms with van der Waals surface area (Å²) in [5.74, 6) is 1.41. The molecule has 4 aromatic rings. The standard InChI is InChI=1S/C22H19N5O2/c1-15-3-5-17(6-4-15)22(28)23-18-7-9-19(10-8-18)29-21-12-11-20(24-25-21)27-14-13-16(2)26-27/h3-14H,1-2H3,(H,23,28). The second kappa shape index (κ2) is 7.93. The lowest BCUT2D eigenvalue weighted by molar-refractivity contribution is 0.102. The number of hydrogen-bond acceptors (Lipinski definition) is 5. The molecule has 0 aliphatic carbocycles. The summed E-state index contributed by atoms with van der Waals surface area (Å²) in [7, 11) is 0. The van der Waals surface area contributed by atoms with E-state index >= 15 is 0 Å². The van der Waals surface area contributed by atoms with Crippen LogP contribution in [0.2, 0.25) is 0 Å². The lowest BCUT2D eigenvalue weighted by atomic mass is 10.1. The van der Waals surface area contributed by atoms with E-state index in [4.69, 9.17) is 4.74 Å². The zero-order chi connectivity index (χ0) is 20.2. The first-order valence-electron chi connectivity index (χ1n) is 9.09. The van der Waals surface area contributed by atoms with Crippen molar-refractivity contribution < 1.29 is 9.53 Å². The van der Waals surface area contributed by atoms with Gasteiger partial charge in [0, 0.05) is 23.5 Å². The Morgan fingerprint density at radius 2 is 1.66 bits per heavy atom. The van der Waals surface area contributed by atoms with Crippen molar-refractivity contribution in [1.29, 1.82) is 0 Å². The Kier molecular flexibility index (Phi) is 5.03. The summed E-state index contributed by atoms with van der Waals surface area (Å²) in [6.07, 6.45) is 1.82. The maximum absolute atomic E-state index is 12.3. The van der Waals surface area contributed by atoms with Gasteiger partial charge in [-0.1, -0.05) is 17.7 Å². The van der Waals surface area contributed by atoms with Crippen LogP contribution in [0.1, 0.15) is 21.6 Å². The van der Waals surface area contributed by atoms with Crippen LogP contribution in [-0.2, 0) is 0 Å². The van der Waals surface area contributed by atoms with E-state index in [2.05, 4.69) is 20.6 Å². The molecule has 4 rings (SSSR count). The van der Waals surface area contributed by atoms with Crippen molar-refractivity contribution in [3.05, 3.63) is 89.7 Å². The maximum Gasteiger partial charge on any atom is 0.255 e. The summed E-state index contributed by atoms with van der Waals surface area (Å²) >= 11 is 0. The van der Waals surface area contributed by atoms with Crippen molar-refractivity contribution in [2.24, 2.45) is 0 Å². The monoisotopic (exact) mass is 385 g/mol. The molecule has 0 aliphatic heterocycles. The fourth-order valence-corrected chi connectivity index (χ4v) is 2.67. The highest BCUT2D eigenvalue weighted by Gasteiger charge is 2.07. The smallest absolute Gasteiger partial charge is 0.255 e. The quantitative estimate of drug-likeness (QED) is 0.553. The zero-order valence-corrected chi connectivity index (χ0v) is 16.0. The summed E-state index contributed by atoms with van der Waals surface area (Å²) in [5.41, 5.74) is 3.30. The van der Waals surface area contributed by atoms with Crippen molar-refractivity contribution in [3.8, 4) is 17.4 Å². The number of nitrogens with one attached hydrogen (secondary N) is 1. The average Bonchev–Trinajstić information content (AvgIpc) is 3.17. The predicted molar refractivity (Wildman–Crippen MR) is 110 cm³/mol. The summed E-state index contributed by atoms with van der Waals surface area (Å²) in [6, 6.07) is 19.9. The molecule has 0 saturated heterocycles. The van der Waals surface area contributed by atoms with Gasteiger partial charge in [0.15, 0.2) is 5.82 Å². The molecule has 0 aliphatic rings. The number of benzene rings is 2. The molecule has 1 N–H and O–H groups in total. The van der Waals surface area contributed by atoms with Crippen molar-refractivity contribution in [2.45, 2.75) is 13.8 Å². The molecular weight excluding hydrogens is 366 g/mol. The largest absolute Gasteiger partial charge is 0.438 e. The van der Waals surface area contributed by atoms with E-state index in [9.17, 15) is 4.79 Å². The predicted octanol–water partition coefficient (Wildman–Crippen LogP) is 4.32. The summed E-state index contributed by atoms with van der Waals surface area (Å²) in [5, 5.41) is 15.4. The average molecular weight is 385 g/mol. The molecule has 0 unspecified atom stereocenters. The molecule has 7 heteroatoms. The first-order chi connectivity index (χ1) is 14.1. The van der Waals surface area contributed by atoms with Gasteiger partial charge in [-0.2, -0.15) is 5.10 Å². The first-order valence-corrected chi connectivity index (χ1v) is 9.09. The Morgan fingerprint density at radius 3 is 2.28 bits per heavy atom. The summed E-state index contributed by atoms with van der Waals surface area (Å²) in [4.78, 5) is 12.3. The van der Waals surface area contributed by atoms with Gasteiger partial charge < -0.3 is 10.1 Å². The molecule has 0 radical (unpaired) electrons. The number of hydrogen-bond donors (Lipinski definition) is 1. The van der Waals surface area contributed by atoms with Gasteiger partial charge in [-0.3, -0.25) is 4.79 Å². The Morgan fingerprint density at radius 1 is 0.897 bits per heavy atom. The molecule has 2 aromatic carbocycles. The normalized spacial score (nSPS) is 10.6. The summed E-state index contributed by atoms with van der Waals surface area (Å²) < 4.78 is 7.37. The number of aromatic nitrogens is 4. The number of aryl methyl sites for hydroxylation is 2. The molecule has 0 atom stereocenters. The van der Waals surface area contributed by atoms with Crippen LogP contribution in [0.15, 0.2) is 72.9 Å². The van der Waals surface area contributed by atoms with Crippen LogP contribution in [0.5, 0.6) is 11.6 Å². The van der Waals surface area contributed by atoms with Crippen LogP contribution < -0.4 is 10.1 Å². The third-order valence-corrected chi connectivity index (χ3v) is 4.23. The number of ether oxygens (including phenoxy) is 1. The van der Waals surface area contributed by atoms with Crippen molar-refractivity contribution in [3.63, 3.8) is 0 Å². The lowest BCUT2D eigenvalue weighted by Crippen LogP contribution is -2.11. The fraction of sp³-hybridized carbons (Fsp3) is 0.0909. The maximum atomic E-state index is 12.3. The second-order valence-electron chi connectivity index (χ2n) is 6.58. The molecule has 29 heavy (non-hydrogen) atoms. The Labute approximate surface area is 168 Å². The van der Waals surface area contributed by atoms with E-state index in [1.807, 2.05) is 38.2 Å². The minimum atomic E-state index is -0.158. The van der Waals surface area contributed by atoms with Crippen LogP contribution >= 0.6 is 0 Å². The molecule has 0 fully saturated rings. The fourth-order valence-electron chi connectivity index (χ4n) is 2.67. The number of amides is 1. The van der Waals surface area contributed by atoms with Crippen molar-refractivity contribution in [1.82, 2.24) is 20.0 Å². The number of nitrogens with zero attached hydrogens (tertiary/aromatic N) is 4. The van der Waals surface area contributed by atoms with Gasteiger partial charge in [0.2, 0.25) is 5.88 Å². The van der Waals surface area contributed by atoms with Crippen molar-refractivity contribution >= 4 is 11.6 Å². The van der Waals surface area contributed by atoms with Gasteiger partial charge in [0.05, 0.1) is 5.69 Å². The van der Waals surface area contributed by atoms with Gasteiger partial charge in [0.1, 0.15) is 5.75 Å². The van der Waals surface area contributed by atoms with Gasteiger partial charge in [-0.25, -0.2) is 4.68 Å². The van der Waals surface area contributed by atoms with E-state index < -0.39 is 0 Å². The zero-order valence-electron chi connectivity index (χ0n) is 16.0. The molecule has 0 spiro atoms. The van der Waals surface area contributed by atoms with Gasteiger partial charge in [-0.15, -0.1) is 10.2 Å². The molecule has 2 heterocycles. The van der Waals surface area contributed by atoms with Crippen molar-refractivity contribution in [2.75, 3.05) is 5.32 Å². The highest BCUT2D eigenvalue weighted by atomic mass is 16.5. The van der Waals surface area contributed by atoms with E-state index in [-0.39, 0.29) is 5.91 Å². The number of carbonyl (C=O) groups excluding carboxylic acids is 1. The van der Waals surface area contributed by atoms with Gasteiger partial charge in [0.25, 0.3) is 5.91 Å². The molecule has 0 bridgehead atoms. The Balaban J connectivity index is 1.39. The molecular formula is C22H19N5O2.